The van der Waals surface area contributed by atoms with Gasteiger partial charge in [-0.2, -0.15) is 4.98 Å². The number of carboxylic acid groups (broad SMARTS) is 1. The summed E-state index contributed by atoms with van der Waals surface area (Å²) in [5.74, 6) is 0.114. The van der Waals surface area contributed by atoms with E-state index in [9.17, 15) is 4.79 Å². The van der Waals surface area contributed by atoms with Gasteiger partial charge >= 0.3 is 5.97 Å². The standard InChI is InChI=1S/C12H11N5O3S/c18-11(19)4-3-8-6-17(16-14-8)7-10-13-12(20-15-10)9-2-1-5-21-9/h1-2,5-6H,3-4,7H2,(H,18,19). The Morgan fingerprint density at radius 1 is 1.48 bits per heavy atom. The molecule has 3 aromatic heterocycles. The lowest BCUT2D eigenvalue weighted by Crippen LogP contribution is -2.02. The zero-order valence-corrected chi connectivity index (χ0v) is 11.7. The number of nitrogens with zero attached hydrogens (tertiary/aromatic N) is 5. The first-order chi connectivity index (χ1) is 10.2. The average Bonchev–Trinajstić information content (AvgIpc) is 3.18. The number of carbonyl (C=O) groups is 1. The van der Waals surface area contributed by atoms with Crippen molar-refractivity contribution in [3.63, 3.8) is 0 Å². The number of hydrogen-bond acceptors (Lipinski definition) is 7. The quantitative estimate of drug-likeness (QED) is 0.734. The zero-order chi connectivity index (χ0) is 14.7. The number of carboxylic acids is 1. The predicted octanol–water partition coefficient (Wildman–Crippen LogP) is 1.46. The molecule has 0 atom stereocenters. The molecule has 21 heavy (non-hydrogen) atoms. The molecule has 3 rings (SSSR count). The Balaban J connectivity index is 1.65. The molecular formula is C12H11N5O3S. The lowest BCUT2D eigenvalue weighted by Gasteiger charge is -1.92. The maximum Gasteiger partial charge on any atom is 0.303 e. The number of aliphatic carboxylic acids is 1. The van der Waals surface area contributed by atoms with E-state index in [2.05, 4.69) is 20.5 Å². The molecule has 0 aliphatic carbocycles. The Hall–Kier alpha value is -2.55. The number of thiophene rings is 1. The number of aryl methyl sites for hydroxylation is 1. The number of rotatable bonds is 6. The van der Waals surface area contributed by atoms with Crippen LogP contribution in [-0.4, -0.2) is 36.2 Å². The second-order valence-electron chi connectivity index (χ2n) is 4.29. The molecule has 0 saturated carbocycles. The number of hydrogen-bond donors (Lipinski definition) is 1. The minimum atomic E-state index is -0.858. The van der Waals surface area contributed by atoms with Crippen molar-refractivity contribution in [2.45, 2.75) is 19.4 Å². The van der Waals surface area contributed by atoms with Gasteiger partial charge in [0, 0.05) is 12.6 Å². The molecule has 1 N–H and O–H groups in total. The van der Waals surface area contributed by atoms with Gasteiger partial charge < -0.3 is 9.63 Å². The molecule has 9 heteroatoms. The minimum Gasteiger partial charge on any atom is -0.481 e. The lowest BCUT2D eigenvalue weighted by molar-refractivity contribution is -0.136. The monoisotopic (exact) mass is 305 g/mol. The van der Waals surface area contributed by atoms with Gasteiger partial charge in [0.1, 0.15) is 6.54 Å². The third-order valence-corrected chi connectivity index (χ3v) is 3.54. The summed E-state index contributed by atoms with van der Waals surface area (Å²) in [6, 6.07) is 3.82. The van der Waals surface area contributed by atoms with Gasteiger partial charge in [-0.3, -0.25) is 4.79 Å². The van der Waals surface area contributed by atoms with Crippen LogP contribution in [0.1, 0.15) is 17.9 Å². The molecule has 0 bridgehead atoms. The Morgan fingerprint density at radius 3 is 3.14 bits per heavy atom. The van der Waals surface area contributed by atoms with Crippen molar-refractivity contribution >= 4 is 17.3 Å². The molecule has 0 fully saturated rings. The summed E-state index contributed by atoms with van der Waals surface area (Å²) in [5.41, 5.74) is 0.624. The summed E-state index contributed by atoms with van der Waals surface area (Å²) in [6.45, 7) is 0.328. The van der Waals surface area contributed by atoms with Gasteiger partial charge in [0.15, 0.2) is 5.82 Å². The summed E-state index contributed by atoms with van der Waals surface area (Å²) in [6.07, 6.45) is 2.07. The van der Waals surface area contributed by atoms with Gasteiger partial charge in [-0.15, -0.1) is 16.4 Å². The highest BCUT2D eigenvalue weighted by molar-refractivity contribution is 7.13. The van der Waals surface area contributed by atoms with E-state index in [4.69, 9.17) is 9.63 Å². The predicted molar refractivity (Wildman–Crippen MR) is 72.7 cm³/mol. The van der Waals surface area contributed by atoms with Crippen molar-refractivity contribution in [3.8, 4) is 10.8 Å². The highest BCUT2D eigenvalue weighted by Gasteiger charge is 2.11. The third-order valence-electron chi connectivity index (χ3n) is 2.68. The minimum absolute atomic E-state index is 0.0312. The smallest absolute Gasteiger partial charge is 0.303 e. The van der Waals surface area contributed by atoms with Gasteiger partial charge in [0.2, 0.25) is 0 Å². The van der Waals surface area contributed by atoms with Crippen molar-refractivity contribution in [3.05, 3.63) is 35.2 Å². The van der Waals surface area contributed by atoms with Gasteiger partial charge in [0.05, 0.1) is 17.0 Å². The first kappa shape index (κ1) is 13.4. The SMILES string of the molecule is O=C(O)CCc1cn(Cc2noc(-c3cccs3)n2)nn1. The van der Waals surface area contributed by atoms with E-state index in [0.29, 0.717) is 30.4 Å². The summed E-state index contributed by atoms with van der Waals surface area (Å²) >= 11 is 1.52. The topological polar surface area (TPSA) is 107 Å². The molecule has 3 aromatic rings. The van der Waals surface area contributed by atoms with Gasteiger partial charge in [-0.1, -0.05) is 16.4 Å². The lowest BCUT2D eigenvalue weighted by atomic mass is 10.2. The van der Waals surface area contributed by atoms with E-state index >= 15 is 0 Å². The molecule has 0 amide bonds. The van der Waals surface area contributed by atoms with Crippen molar-refractivity contribution in [2.24, 2.45) is 0 Å². The highest BCUT2D eigenvalue weighted by atomic mass is 32.1. The van der Waals surface area contributed by atoms with Crippen LogP contribution in [0.15, 0.2) is 28.2 Å². The van der Waals surface area contributed by atoms with Crippen molar-refractivity contribution in [1.82, 2.24) is 25.1 Å². The van der Waals surface area contributed by atoms with Crippen LogP contribution in [0.5, 0.6) is 0 Å². The van der Waals surface area contributed by atoms with E-state index in [1.807, 2.05) is 17.5 Å². The maximum absolute atomic E-state index is 10.5. The molecule has 0 unspecified atom stereocenters. The maximum atomic E-state index is 10.5. The molecule has 3 heterocycles. The summed E-state index contributed by atoms with van der Waals surface area (Å²) in [5, 5.41) is 22.3. The molecule has 0 radical (unpaired) electrons. The van der Waals surface area contributed by atoms with Crippen LogP contribution in [0.4, 0.5) is 0 Å². The molecule has 0 aliphatic heterocycles. The average molecular weight is 305 g/mol. The Kier molecular flexibility index (Phi) is 3.73. The van der Waals surface area contributed by atoms with Gasteiger partial charge in [0.25, 0.3) is 5.89 Å². The van der Waals surface area contributed by atoms with Crippen LogP contribution in [0.25, 0.3) is 10.8 Å². The molecule has 0 aromatic carbocycles. The fourth-order valence-electron chi connectivity index (χ4n) is 1.73. The second-order valence-corrected chi connectivity index (χ2v) is 5.24. The largest absolute Gasteiger partial charge is 0.481 e. The van der Waals surface area contributed by atoms with E-state index in [0.717, 1.165) is 4.88 Å². The fraction of sp³-hybridized carbons (Fsp3) is 0.250. The molecule has 0 spiro atoms. The van der Waals surface area contributed by atoms with Crippen LogP contribution in [0.2, 0.25) is 0 Å². The van der Waals surface area contributed by atoms with Crippen LogP contribution in [0, 0.1) is 0 Å². The van der Waals surface area contributed by atoms with E-state index in [-0.39, 0.29) is 6.42 Å². The molecule has 0 aliphatic rings. The number of aromatic nitrogens is 5. The first-order valence-electron chi connectivity index (χ1n) is 6.18. The van der Waals surface area contributed by atoms with Crippen molar-refractivity contribution in [2.75, 3.05) is 0 Å². The molecule has 108 valence electrons. The van der Waals surface area contributed by atoms with Crippen molar-refractivity contribution < 1.29 is 14.4 Å². The van der Waals surface area contributed by atoms with E-state index < -0.39 is 5.97 Å². The summed E-state index contributed by atoms with van der Waals surface area (Å²) in [7, 11) is 0. The Morgan fingerprint density at radius 2 is 2.38 bits per heavy atom. The fourth-order valence-corrected chi connectivity index (χ4v) is 2.37. The van der Waals surface area contributed by atoms with Crippen LogP contribution in [0.3, 0.4) is 0 Å². The second kappa shape index (κ2) is 5.83. The normalized spacial score (nSPS) is 10.9. The van der Waals surface area contributed by atoms with Crippen LogP contribution >= 0.6 is 11.3 Å². The van der Waals surface area contributed by atoms with E-state index in [1.54, 1.807) is 10.9 Å². The van der Waals surface area contributed by atoms with Gasteiger partial charge in [-0.05, 0) is 11.4 Å². The molecule has 8 nitrogen and oxygen atoms in total. The zero-order valence-electron chi connectivity index (χ0n) is 10.8. The molecule has 0 saturated heterocycles. The van der Waals surface area contributed by atoms with Gasteiger partial charge in [-0.25, -0.2) is 4.68 Å². The highest BCUT2D eigenvalue weighted by Crippen LogP contribution is 2.22. The first-order valence-corrected chi connectivity index (χ1v) is 7.06. The summed E-state index contributed by atoms with van der Waals surface area (Å²) < 4.78 is 6.73. The van der Waals surface area contributed by atoms with Crippen LogP contribution < -0.4 is 0 Å². The summed E-state index contributed by atoms with van der Waals surface area (Å²) in [4.78, 5) is 15.7. The molecular weight excluding hydrogens is 294 g/mol. The third kappa shape index (κ3) is 3.31. The Bertz CT molecular complexity index is 734. The van der Waals surface area contributed by atoms with Crippen molar-refractivity contribution in [1.29, 1.82) is 0 Å². The Labute approximate surface area is 123 Å². The van der Waals surface area contributed by atoms with Crippen LogP contribution in [-0.2, 0) is 17.8 Å². The van der Waals surface area contributed by atoms with E-state index in [1.165, 1.54) is 11.3 Å².